The molecule has 1 heterocycles. The number of carbonyl (C=O) groups is 1. The van der Waals surface area contributed by atoms with Gasteiger partial charge >= 0.3 is 0 Å². The van der Waals surface area contributed by atoms with Gasteiger partial charge in [0.2, 0.25) is 5.91 Å². The summed E-state index contributed by atoms with van der Waals surface area (Å²) < 4.78 is 5.17. The van der Waals surface area contributed by atoms with Gasteiger partial charge in [0.25, 0.3) is 0 Å². The molecule has 1 aliphatic rings. The van der Waals surface area contributed by atoms with E-state index >= 15 is 0 Å². The fraction of sp³-hybridized carbons (Fsp3) is 0.533. The Morgan fingerprint density at radius 3 is 3.00 bits per heavy atom. The van der Waals surface area contributed by atoms with E-state index in [0.29, 0.717) is 6.61 Å². The predicted octanol–water partition coefficient (Wildman–Crippen LogP) is 1.95. The van der Waals surface area contributed by atoms with E-state index in [4.69, 9.17) is 4.74 Å². The third-order valence-corrected chi connectivity index (χ3v) is 3.59. The smallest absolute Gasteiger partial charge is 0.241 e. The van der Waals surface area contributed by atoms with Crippen LogP contribution in [0, 0.1) is 0 Å². The number of hydrogen-bond acceptors (Lipinski definition) is 3. The van der Waals surface area contributed by atoms with E-state index in [1.54, 1.807) is 7.11 Å². The summed E-state index contributed by atoms with van der Waals surface area (Å²) >= 11 is 0. The number of aryl methyl sites for hydroxylation is 1. The van der Waals surface area contributed by atoms with Crippen LogP contribution in [-0.4, -0.2) is 31.7 Å². The lowest BCUT2D eigenvalue weighted by Crippen LogP contribution is -2.46. The molecule has 2 rings (SSSR count). The van der Waals surface area contributed by atoms with Crippen molar-refractivity contribution in [2.75, 3.05) is 19.0 Å². The van der Waals surface area contributed by atoms with Gasteiger partial charge in [-0.05, 0) is 30.9 Å². The summed E-state index contributed by atoms with van der Waals surface area (Å²) in [6, 6.07) is 8.08. The van der Waals surface area contributed by atoms with Crippen LogP contribution in [0.2, 0.25) is 0 Å². The van der Waals surface area contributed by atoms with Crippen molar-refractivity contribution in [1.82, 2.24) is 5.32 Å². The molecular weight excluding hydrogens is 240 g/mol. The van der Waals surface area contributed by atoms with Gasteiger partial charge in [-0.25, -0.2) is 0 Å². The van der Waals surface area contributed by atoms with Gasteiger partial charge in [-0.3, -0.25) is 4.79 Å². The number of carbonyl (C=O) groups excluding carboxylic acids is 1. The fourth-order valence-corrected chi connectivity index (χ4v) is 2.44. The van der Waals surface area contributed by atoms with Crippen LogP contribution in [0.5, 0.6) is 0 Å². The maximum Gasteiger partial charge on any atom is 0.241 e. The SMILES string of the molecule is CCC(COC)NC1CCc2ccccc2NC1=O. The Labute approximate surface area is 114 Å². The van der Waals surface area contributed by atoms with Crippen molar-refractivity contribution in [2.24, 2.45) is 0 Å². The van der Waals surface area contributed by atoms with Gasteiger partial charge in [0.05, 0.1) is 12.6 Å². The number of amides is 1. The van der Waals surface area contributed by atoms with Gasteiger partial charge in [0.15, 0.2) is 0 Å². The summed E-state index contributed by atoms with van der Waals surface area (Å²) in [6.07, 6.45) is 2.68. The molecule has 1 aromatic rings. The van der Waals surface area contributed by atoms with Crippen molar-refractivity contribution in [3.63, 3.8) is 0 Å². The minimum atomic E-state index is -0.146. The Hall–Kier alpha value is -1.39. The third-order valence-electron chi connectivity index (χ3n) is 3.59. The Balaban J connectivity index is 2.03. The number of anilines is 1. The monoisotopic (exact) mass is 262 g/mol. The van der Waals surface area contributed by atoms with Crippen molar-refractivity contribution in [3.05, 3.63) is 29.8 Å². The quantitative estimate of drug-likeness (QED) is 0.853. The van der Waals surface area contributed by atoms with Crippen LogP contribution in [0.3, 0.4) is 0 Å². The molecule has 0 saturated carbocycles. The number of hydrogen-bond donors (Lipinski definition) is 2. The van der Waals surface area contributed by atoms with Crippen LogP contribution < -0.4 is 10.6 Å². The van der Waals surface area contributed by atoms with Gasteiger partial charge in [-0.15, -0.1) is 0 Å². The highest BCUT2D eigenvalue weighted by Gasteiger charge is 2.25. The molecule has 1 aromatic carbocycles. The molecule has 2 atom stereocenters. The van der Waals surface area contributed by atoms with Crippen molar-refractivity contribution in [2.45, 2.75) is 38.3 Å². The average molecular weight is 262 g/mol. The molecular formula is C15H22N2O2. The fourth-order valence-electron chi connectivity index (χ4n) is 2.44. The molecule has 2 N–H and O–H groups in total. The second-order valence-corrected chi connectivity index (χ2v) is 4.96. The van der Waals surface area contributed by atoms with Crippen LogP contribution in [0.1, 0.15) is 25.3 Å². The van der Waals surface area contributed by atoms with Gasteiger partial charge < -0.3 is 15.4 Å². The standard InChI is InChI=1S/C15H22N2O2/c1-3-12(10-19-2)16-14-9-8-11-6-4-5-7-13(11)17-15(14)18/h4-7,12,14,16H,3,8-10H2,1-2H3,(H,17,18). The normalized spacial score (nSPS) is 20.3. The molecule has 0 spiro atoms. The van der Waals surface area contributed by atoms with E-state index in [0.717, 1.165) is 24.9 Å². The van der Waals surface area contributed by atoms with Crippen molar-refractivity contribution in [3.8, 4) is 0 Å². The average Bonchev–Trinajstić information content (AvgIpc) is 2.58. The summed E-state index contributed by atoms with van der Waals surface area (Å²) in [4.78, 5) is 12.2. The van der Waals surface area contributed by atoms with Gasteiger partial charge in [-0.2, -0.15) is 0 Å². The van der Waals surface area contributed by atoms with E-state index in [1.807, 2.05) is 18.2 Å². The second kappa shape index (κ2) is 6.68. The Morgan fingerprint density at radius 1 is 1.47 bits per heavy atom. The van der Waals surface area contributed by atoms with Crippen LogP contribution in [0.4, 0.5) is 5.69 Å². The number of rotatable bonds is 5. The van der Waals surface area contributed by atoms with E-state index in [9.17, 15) is 4.79 Å². The first kappa shape index (κ1) is 14.0. The van der Waals surface area contributed by atoms with Crippen LogP contribution in [0.25, 0.3) is 0 Å². The maximum absolute atomic E-state index is 12.2. The highest BCUT2D eigenvalue weighted by Crippen LogP contribution is 2.21. The van der Waals surface area contributed by atoms with Crippen LogP contribution in [0.15, 0.2) is 24.3 Å². The molecule has 0 fully saturated rings. The maximum atomic E-state index is 12.2. The molecule has 19 heavy (non-hydrogen) atoms. The molecule has 104 valence electrons. The third kappa shape index (κ3) is 3.55. The molecule has 0 radical (unpaired) electrons. The topological polar surface area (TPSA) is 50.4 Å². The number of para-hydroxylation sites is 1. The lowest BCUT2D eigenvalue weighted by Gasteiger charge is -2.22. The van der Waals surface area contributed by atoms with Crippen molar-refractivity contribution in [1.29, 1.82) is 0 Å². The number of ether oxygens (including phenoxy) is 1. The molecule has 4 nitrogen and oxygen atoms in total. The molecule has 4 heteroatoms. The zero-order valence-corrected chi connectivity index (χ0v) is 11.6. The number of fused-ring (bicyclic) bond motifs is 1. The molecule has 0 aromatic heterocycles. The summed E-state index contributed by atoms with van der Waals surface area (Å²) in [7, 11) is 1.69. The minimum absolute atomic E-state index is 0.0551. The molecule has 2 unspecified atom stereocenters. The molecule has 0 bridgehead atoms. The summed E-state index contributed by atoms with van der Waals surface area (Å²) in [5.41, 5.74) is 2.15. The summed E-state index contributed by atoms with van der Waals surface area (Å²) in [6.45, 7) is 2.73. The van der Waals surface area contributed by atoms with E-state index in [2.05, 4.69) is 23.6 Å². The van der Waals surface area contributed by atoms with Crippen LogP contribution >= 0.6 is 0 Å². The largest absolute Gasteiger partial charge is 0.383 e. The van der Waals surface area contributed by atoms with E-state index < -0.39 is 0 Å². The molecule has 0 saturated heterocycles. The molecule has 0 aliphatic carbocycles. The first-order chi connectivity index (χ1) is 9.24. The first-order valence-electron chi connectivity index (χ1n) is 6.88. The number of benzene rings is 1. The highest BCUT2D eigenvalue weighted by molar-refractivity contribution is 5.96. The summed E-state index contributed by atoms with van der Waals surface area (Å²) in [5.74, 6) is 0.0551. The van der Waals surface area contributed by atoms with E-state index in [-0.39, 0.29) is 18.0 Å². The lowest BCUT2D eigenvalue weighted by atomic mass is 10.0. The predicted molar refractivity (Wildman–Crippen MR) is 76.3 cm³/mol. The van der Waals surface area contributed by atoms with Gasteiger partial charge in [0, 0.05) is 18.8 Å². The lowest BCUT2D eigenvalue weighted by molar-refractivity contribution is -0.118. The Kier molecular flexibility index (Phi) is 4.93. The Morgan fingerprint density at radius 2 is 2.26 bits per heavy atom. The zero-order chi connectivity index (χ0) is 13.7. The van der Waals surface area contributed by atoms with Crippen molar-refractivity contribution < 1.29 is 9.53 Å². The second-order valence-electron chi connectivity index (χ2n) is 4.96. The minimum Gasteiger partial charge on any atom is -0.383 e. The van der Waals surface area contributed by atoms with Crippen LogP contribution in [-0.2, 0) is 16.0 Å². The summed E-state index contributed by atoms with van der Waals surface area (Å²) in [5, 5.41) is 6.40. The van der Waals surface area contributed by atoms with E-state index in [1.165, 1.54) is 5.56 Å². The van der Waals surface area contributed by atoms with Gasteiger partial charge in [-0.1, -0.05) is 25.1 Å². The Bertz CT molecular complexity index is 434. The molecule has 1 aliphatic heterocycles. The number of methoxy groups -OCH3 is 1. The zero-order valence-electron chi connectivity index (χ0n) is 11.6. The van der Waals surface area contributed by atoms with Gasteiger partial charge in [0.1, 0.15) is 0 Å². The first-order valence-corrected chi connectivity index (χ1v) is 6.88. The van der Waals surface area contributed by atoms with Crippen molar-refractivity contribution >= 4 is 11.6 Å². The molecule has 1 amide bonds. The number of nitrogens with one attached hydrogen (secondary N) is 2. The highest BCUT2D eigenvalue weighted by atomic mass is 16.5.